The maximum atomic E-state index is 15.2. The van der Waals surface area contributed by atoms with Crippen LogP contribution in [-0.2, 0) is 15.9 Å². The molecule has 1 unspecified atom stereocenters. The topological polar surface area (TPSA) is 129 Å². The van der Waals surface area contributed by atoms with Crippen molar-refractivity contribution >= 4 is 17.3 Å². The van der Waals surface area contributed by atoms with Crippen molar-refractivity contribution in [3.05, 3.63) is 71.9 Å². The van der Waals surface area contributed by atoms with E-state index in [1.807, 2.05) is 13.0 Å². The van der Waals surface area contributed by atoms with E-state index in [9.17, 15) is 4.79 Å². The molecule has 0 aliphatic carbocycles. The Kier molecular flexibility index (Phi) is 8.08. The fourth-order valence-electron chi connectivity index (χ4n) is 5.85. The highest BCUT2D eigenvalue weighted by Gasteiger charge is 2.34. The molecule has 2 fully saturated rings. The van der Waals surface area contributed by atoms with Crippen molar-refractivity contribution in [1.29, 1.82) is 0 Å². The summed E-state index contributed by atoms with van der Waals surface area (Å²) in [5.41, 5.74) is 8.86. The van der Waals surface area contributed by atoms with Crippen LogP contribution in [0.2, 0.25) is 0 Å². The number of fused-ring (bicyclic) bond motifs is 1. The number of halogens is 2. The zero-order chi connectivity index (χ0) is 30.1. The van der Waals surface area contributed by atoms with E-state index in [1.165, 1.54) is 19.2 Å². The van der Waals surface area contributed by atoms with Gasteiger partial charge in [0.2, 0.25) is 0 Å². The van der Waals surface area contributed by atoms with Gasteiger partial charge in [0.05, 0.1) is 49.3 Å². The molecule has 0 radical (unpaired) electrons. The number of ether oxygens (including phenoxy) is 3. The summed E-state index contributed by atoms with van der Waals surface area (Å²) in [7, 11) is 1.33. The van der Waals surface area contributed by atoms with E-state index < -0.39 is 17.7 Å². The average Bonchev–Trinajstić information content (AvgIpc) is 3.64. The van der Waals surface area contributed by atoms with E-state index in [2.05, 4.69) is 25.3 Å². The van der Waals surface area contributed by atoms with Crippen LogP contribution in [0.15, 0.2) is 48.9 Å². The number of nitrogens with two attached hydrogens (primary N) is 1. The third-order valence-corrected chi connectivity index (χ3v) is 7.97. The van der Waals surface area contributed by atoms with Crippen LogP contribution in [-0.4, -0.2) is 77.3 Å². The van der Waals surface area contributed by atoms with E-state index in [0.29, 0.717) is 50.5 Å². The number of aromatic nitrogens is 4. The number of carbonyl (C=O) groups is 1. The number of nitrogens with zero attached hydrogens (tertiary/aromatic N) is 5. The van der Waals surface area contributed by atoms with Crippen molar-refractivity contribution in [3.8, 4) is 17.0 Å². The van der Waals surface area contributed by atoms with Crippen LogP contribution in [0.3, 0.4) is 0 Å². The lowest BCUT2D eigenvalue weighted by Gasteiger charge is -2.42. The third-order valence-electron chi connectivity index (χ3n) is 7.97. The largest absolute Gasteiger partial charge is 0.488 e. The van der Waals surface area contributed by atoms with Crippen LogP contribution in [0.4, 0.5) is 19.3 Å². The second-order valence-electron chi connectivity index (χ2n) is 11.0. The number of hydrogen-bond donors (Lipinski definition) is 2. The van der Waals surface area contributed by atoms with Gasteiger partial charge in [-0.2, -0.15) is 5.10 Å². The van der Waals surface area contributed by atoms with Crippen molar-refractivity contribution < 1.29 is 27.8 Å². The smallest absolute Gasteiger partial charge is 0.407 e. The number of rotatable bonds is 7. The molecule has 4 atom stereocenters. The SMILES string of the molecule is COC(=O)N[C@@H]1[C@H](N)CN(c2ccncc2Cc2ncc3ccc(-c4c(F)cc(OC5CCOC5)cc4F)nn23)C[C@@H]1C. The quantitative estimate of drug-likeness (QED) is 0.332. The van der Waals surface area contributed by atoms with Crippen LogP contribution < -0.4 is 20.7 Å². The number of imidazole rings is 1. The number of nitrogens with one attached hydrogen (secondary N) is 1. The zero-order valence-corrected chi connectivity index (χ0v) is 23.9. The summed E-state index contributed by atoms with van der Waals surface area (Å²) in [4.78, 5) is 22.9. The predicted molar refractivity (Wildman–Crippen MR) is 154 cm³/mol. The van der Waals surface area contributed by atoms with Gasteiger partial charge >= 0.3 is 6.09 Å². The summed E-state index contributed by atoms with van der Waals surface area (Å²) in [6.45, 7) is 4.14. The summed E-state index contributed by atoms with van der Waals surface area (Å²) in [5, 5.41) is 7.42. The number of methoxy groups -OCH3 is 1. The van der Waals surface area contributed by atoms with Crippen molar-refractivity contribution in [1.82, 2.24) is 24.9 Å². The number of carbonyl (C=O) groups excluding carboxylic acids is 1. The number of hydrogen-bond acceptors (Lipinski definition) is 9. The molecule has 43 heavy (non-hydrogen) atoms. The van der Waals surface area contributed by atoms with E-state index in [1.54, 1.807) is 35.2 Å². The molecule has 2 saturated heterocycles. The Hall–Kier alpha value is -4.36. The second kappa shape index (κ2) is 12.1. The minimum Gasteiger partial charge on any atom is -0.488 e. The molecular weight excluding hydrogens is 560 g/mol. The maximum Gasteiger partial charge on any atom is 0.407 e. The molecule has 226 valence electrons. The third kappa shape index (κ3) is 5.95. The van der Waals surface area contributed by atoms with Crippen molar-refractivity contribution in [3.63, 3.8) is 0 Å². The molecule has 3 N–H and O–H groups in total. The summed E-state index contributed by atoms with van der Waals surface area (Å²) >= 11 is 0. The van der Waals surface area contributed by atoms with Crippen molar-refractivity contribution in [2.24, 2.45) is 11.7 Å². The molecule has 11 nitrogen and oxygen atoms in total. The number of amides is 1. The minimum absolute atomic E-state index is 0.0495. The van der Waals surface area contributed by atoms with E-state index in [4.69, 9.17) is 19.9 Å². The van der Waals surface area contributed by atoms with Crippen LogP contribution in [0.5, 0.6) is 5.75 Å². The van der Waals surface area contributed by atoms with Gasteiger partial charge in [0.15, 0.2) is 0 Å². The highest BCUT2D eigenvalue weighted by atomic mass is 19.1. The molecule has 4 aromatic rings. The van der Waals surface area contributed by atoms with Gasteiger partial charge in [0.1, 0.15) is 29.3 Å². The Bertz CT molecular complexity index is 1590. The van der Waals surface area contributed by atoms with Gasteiger partial charge in [-0.1, -0.05) is 6.92 Å². The fraction of sp³-hybridized carbons (Fsp3) is 0.400. The Morgan fingerprint density at radius 2 is 2.00 bits per heavy atom. The molecule has 2 aliphatic rings. The first-order valence-corrected chi connectivity index (χ1v) is 14.2. The maximum absolute atomic E-state index is 15.2. The predicted octanol–water partition coefficient (Wildman–Crippen LogP) is 3.34. The molecule has 0 saturated carbocycles. The van der Waals surface area contributed by atoms with Gasteiger partial charge in [-0.3, -0.25) is 4.98 Å². The van der Waals surface area contributed by atoms with Crippen molar-refractivity contribution in [2.45, 2.75) is 38.0 Å². The number of benzene rings is 1. The molecule has 5 heterocycles. The second-order valence-corrected chi connectivity index (χ2v) is 11.0. The van der Waals surface area contributed by atoms with Gasteiger partial charge in [-0.15, -0.1) is 0 Å². The number of alkyl carbamates (subject to hydrolysis) is 1. The average molecular weight is 594 g/mol. The Morgan fingerprint density at radius 3 is 2.72 bits per heavy atom. The van der Waals surface area contributed by atoms with Crippen LogP contribution in [0.1, 0.15) is 24.7 Å². The van der Waals surface area contributed by atoms with E-state index in [-0.39, 0.29) is 41.1 Å². The normalized spacial score (nSPS) is 22.1. The molecule has 3 aromatic heterocycles. The summed E-state index contributed by atoms with van der Waals surface area (Å²) in [6, 6.07) is 7.01. The number of pyridine rings is 1. The molecule has 1 amide bonds. The Balaban J connectivity index is 1.25. The molecule has 2 aliphatic heterocycles. The Morgan fingerprint density at radius 1 is 1.19 bits per heavy atom. The lowest BCUT2D eigenvalue weighted by Crippen LogP contribution is -2.62. The first-order valence-electron chi connectivity index (χ1n) is 14.2. The van der Waals surface area contributed by atoms with Gasteiger partial charge in [-0.25, -0.2) is 23.1 Å². The summed E-state index contributed by atoms with van der Waals surface area (Å²) < 4.78 is 47.7. The summed E-state index contributed by atoms with van der Waals surface area (Å²) in [6.07, 6.45) is 5.44. The highest BCUT2D eigenvalue weighted by Crippen LogP contribution is 2.31. The molecule has 6 rings (SSSR count). The monoisotopic (exact) mass is 593 g/mol. The van der Waals surface area contributed by atoms with Gasteiger partial charge in [-0.05, 0) is 24.1 Å². The first kappa shape index (κ1) is 28.7. The molecule has 0 bridgehead atoms. The van der Waals surface area contributed by atoms with Gasteiger partial charge in [0.25, 0.3) is 0 Å². The Labute approximate surface area is 247 Å². The lowest BCUT2D eigenvalue weighted by atomic mass is 9.89. The molecule has 1 aromatic carbocycles. The van der Waals surface area contributed by atoms with Crippen LogP contribution in [0, 0.1) is 17.6 Å². The van der Waals surface area contributed by atoms with Gasteiger partial charge < -0.3 is 30.2 Å². The molecular formula is C30H33F2N7O4. The summed E-state index contributed by atoms with van der Waals surface area (Å²) in [5.74, 6) is -0.803. The fourth-order valence-corrected chi connectivity index (χ4v) is 5.85. The zero-order valence-electron chi connectivity index (χ0n) is 23.9. The number of anilines is 1. The molecule has 0 spiro atoms. The number of piperidine rings is 1. The lowest BCUT2D eigenvalue weighted by molar-refractivity contribution is 0.141. The standard InChI is InChI=1S/C30H33F2N7O4/c1-17-14-38(15-24(33)29(17)36-30(40)41-2)26-5-7-34-12-18(26)9-27-35-13-19-3-4-25(37-39(19)27)28-22(31)10-21(11-23(28)32)43-20-6-8-42-16-20/h3-5,7,10-13,17,20,24,29H,6,8-9,14-16,33H2,1-2H3,(H,36,40)/t17-,20?,24+,29-/m0/s1. The van der Waals surface area contributed by atoms with Gasteiger partial charge in [0, 0.05) is 67.8 Å². The van der Waals surface area contributed by atoms with Crippen LogP contribution in [0.25, 0.3) is 16.8 Å². The molecule has 13 heteroatoms. The minimum atomic E-state index is -0.771. The van der Waals surface area contributed by atoms with Crippen LogP contribution >= 0.6 is 0 Å². The first-order chi connectivity index (χ1) is 20.8. The van der Waals surface area contributed by atoms with E-state index in [0.717, 1.165) is 11.3 Å². The van der Waals surface area contributed by atoms with Crippen molar-refractivity contribution in [2.75, 3.05) is 38.3 Å². The highest BCUT2D eigenvalue weighted by molar-refractivity contribution is 5.68. The van der Waals surface area contributed by atoms with E-state index >= 15 is 8.78 Å².